The summed E-state index contributed by atoms with van der Waals surface area (Å²) < 4.78 is 5.00. The smallest absolute Gasteiger partial charge is 0.0927 e. The maximum atomic E-state index is 4.44. The average molecular weight is 326 g/mol. The zero-order valence-corrected chi connectivity index (χ0v) is 13.4. The van der Waals surface area contributed by atoms with Gasteiger partial charge in [-0.2, -0.15) is 10.2 Å². The molecule has 1 unspecified atom stereocenters. The molecule has 2 heterocycles. The van der Waals surface area contributed by atoms with Crippen LogP contribution in [0.1, 0.15) is 36.5 Å². The summed E-state index contributed by atoms with van der Waals surface area (Å²) in [5.41, 5.74) is 3.31. The summed E-state index contributed by atoms with van der Waals surface area (Å²) in [5, 5.41) is 12.2. The van der Waals surface area contributed by atoms with Crippen molar-refractivity contribution in [3.05, 3.63) is 33.8 Å². The molecule has 0 saturated heterocycles. The number of hydrogen-bond acceptors (Lipinski definition) is 3. The molecule has 19 heavy (non-hydrogen) atoms. The lowest BCUT2D eigenvalue weighted by Gasteiger charge is -2.19. The van der Waals surface area contributed by atoms with Crippen LogP contribution in [0.4, 0.5) is 0 Å². The van der Waals surface area contributed by atoms with Crippen molar-refractivity contribution >= 4 is 15.9 Å². The first kappa shape index (κ1) is 14.3. The molecule has 0 aliphatic heterocycles. The van der Waals surface area contributed by atoms with Crippen LogP contribution in [0.25, 0.3) is 0 Å². The van der Waals surface area contributed by atoms with Crippen LogP contribution in [0.5, 0.6) is 0 Å². The molecule has 0 bridgehead atoms. The summed E-state index contributed by atoms with van der Waals surface area (Å²) in [4.78, 5) is 0. The van der Waals surface area contributed by atoms with Crippen LogP contribution in [-0.2, 0) is 13.6 Å². The molecule has 0 fully saturated rings. The Hall–Kier alpha value is -1.14. The van der Waals surface area contributed by atoms with E-state index in [9.17, 15) is 0 Å². The lowest BCUT2D eigenvalue weighted by Crippen LogP contribution is -2.24. The van der Waals surface area contributed by atoms with Crippen LogP contribution in [0.2, 0.25) is 0 Å². The van der Waals surface area contributed by atoms with Crippen LogP contribution < -0.4 is 5.32 Å². The Labute approximate surface area is 122 Å². The summed E-state index contributed by atoms with van der Waals surface area (Å²) in [6.45, 7) is 5.08. The van der Waals surface area contributed by atoms with Crippen LogP contribution in [0.3, 0.4) is 0 Å². The highest BCUT2D eigenvalue weighted by Crippen LogP contribution is 2.28. The Kier molecular flexibility index (Phi) is 4.42. The topological polar surface area (TPSA) is 47.7 Å². The second-order valence-corrected chi connectivity index (χ2v) is 5.51. The van der Waals surface area contributed by atoms with E-state index in [-0.39, 0.29) is 6.04 Å². The van der Waals surface area contributed by atoms with E-state index in [4.69, 9.17) is 0 Å². The zero-order valence-electron chi connectivity index (χ0n) is 11.8. The van der Waals surface area contributed by atoms with Crippen molar-refractivity contribution in [3.63, 3.8) is 0 Å². The van der Waals surface area contributed by atoms with E-state index in [1.54, 1.807) is 0 Å². The Morgan fingerprint density at radius 2 is 2.21 bits per heavy atom. The molecule has 2 aromatic rings. The van der Waals surface area contributed by atoms with Gasteiger partial charge in [0.25, 0.3) is 0 Å². The highest BCUT2D eigenvalue weighted by atomic mass is 79.9. The maximum absolute atomic E-state index is 4.44. The number of aromatic nitrogens is 4. The molecule has 1 atom stereocenters. The molecule has 0 aliphatic carbocycles. The van der Waals surface area contributed by atoms with Gasteiger partial charge in [0.2, 0.25) is 0 Å². The van der Waals surface area contributed by atoms with Crippen molar-refractivity contribution in [2.45, 2.75) is 32.9 Å². The van der Waals surface area contributed by atoms with Crippen molar-refractivity contribution in [2.75, 3.05) is 7.05 Å². The number of halogens is 1. The van der Waals surface area contributed by atoms with E-state index in [0.29, 0.717) is 0 Å². The molecule has 2 rings (SSSR count). The minimum atomic E-state index is 0.0784. The van der Waals surface area contributed by atoms with Crippen molar-refractivity contribution in [1.29, 1.82) is 0 Å². The number of aryl methyl sites for hydroxylation is 3. The number of rotatable bonds is 5. The van der Waals surface area contributed by atoms with E-state index >= 15 is 0 Å². The third kappa shape index (κ3) is 2.74. The van der Waals surface area contributed by atoms with Gasteiger partial charge in [-0.25, -0.2) is 0 Å². The predicted octanol–water partition coefficient (Wildman–Crippen LogP) is 2.41. The fourth-order valence-electron chi connectivity index (χ4n) is 2.37. The normalized spacial score (nSPS) is 12.9. The first-order valence-electron chi connectivity index (χ1n) is 6.47. The van der Waals surface area contributed by atoms with Gasteiger partial charge in [-0.3, -0.25) is 9.36 Å². The van der Waals surface area contributed by atoms with Crippen LogP contribution in [-0.4, -0.2) is 26.6 Å². The molecular formula is C13H20BrN5. The molecule has 6 heteroatoms. The largest absolute Gasteiger partial charge is 0.307 e. The second kappa shape index (κ2) is 5.88. The van der Waals surface area contributed by atoms with E-state index in [1.165, 1.54) is 0 Å². The molecule has 0 aliphatic rings. The molecule has 5 nitrogen and oxygen atoms in total. The molecule has 1 N–H and O–H groups in total. The van der Waals surface area contributed by atoms with Crippen LogP contribution >= 0.6 is 15.9 Å². The third-order valence-electron chi connectivity index (χ3n) is 3.16. The lowest BCUT2D eigenvalue weighted by atomic mass is 10.1. The summed E-state index contributed by atoms with van der Waals surface area (Å²) in [5.74, 6) is 0. The Morgan fingerprint density at radius 1 is 1.47 bits per heavy atom. The third-order valence-corrected chi connectivity index (χ3v) is 3.78. The molecule has 0 spiro atoms. The molecule has 104 valence electrons. The summed E-state index contributed by atoms with van der Waals surface area (Å²) in [6, 6.07) is 2.19. The summed E-state index contributed by atoms with van der Waals surface area (Å²) >= 11 is 3.60. The minimum absolute atomic E-state index is 0.0784. The average Bonchev–Trinajstić information content (AvgIpc) is 2.87. The lowest BCUT2D eigenvalue weighted by molar-refractivity contribution is 0.514. The van der Waals surface area contributed by atoms with Gasteiger partial charge in [0.05, 0.1) is 33.8 Å². The maximum Gasteiger partial charge on any atom is 0.0927 e. The van der Waals surface area contributed by atoms with Crippen molar-refractivity contribution in [3.8, 4) is 0 Å². The highest BCUT2D eigenvalue weighted by Gasteiger charge is 2.23. The van der Waals surface area contributed by atoms with E-state index < -0.39 is 0 Å². The first-order valence-corrected chi connectivity index (χ1v) is 7.26. The Morgan fingerprint density at radius 3 is 2.74 bits per heavy atom. The van der Waals surface area contributed by atoms with Gasteiger partial charge < -0.3 is 5.32 Å². The van der Waals surface area contributed by atoms with Crippen LogP contribution in [0.15, 0.2) is 16.7 Å². The Bertz CT molecular complexity index is 557. The SMILES string of the molecule is CCCn1ncc(Br)c1C(NC)c1cc(C)nn1C. The van der Waals surface area contributed by atoms with Gasteiger partial charge in [0, 0.05) is 13.6 Å². The molecule has 0 saturated carbocycles. The zero-order chi connectivity index (χ0) is 14.0. The van der Waals surface area contributed by atoms with E-state index in [0.717, 1.165) is 34.5 Å². The van der Waals surface area contributed by atoms with Gasteiger partial charge >= 0.3 is 0 Å². The van der Waals surface area contributed by atoms with E-state index in [2.05, 4.69) is 44.4 Å². The van der Waals surface area contributed by atoms with Crippen LogP contribution in [0, 0.1) is 6.92 Å². The molecule has 0 amide bonds. The van der Waals surface area contributed by atoms with Crippen molar-refractivity contribution in [1.82, 2.24) is 24.9 Å². The molecule has 0 radical (unpaired) electrons. The summed E-state index contributed by atoms with van der Waals surface area (Å²) in [7, 11) is 3.93. The molecular weight excluding hydrogens is 306 g/mol. The standard InChI is InChI=1S/C13H20BrN5/c1-5-6-19-13(10(14)8-16-19)12(15-3)11-7-9(2)17-18(11)4/h7-8,12,15H,5-6H2,1-4H3. The molecule has 0 aromatic carbocycles. The Balaban J connectivity index is 2.47. The fourth-order valence-corrected chi connectivity index (χ4v) is 2.90. The van der Waals surface area contributed by atoms with Gasteiger partial charge in [0.1, 0.15) is 0 Å². The first-order chi connectivity index (χ1) is 9.08. The van der Waals surface area contributed by atoms with Gasteiger partial charge in [-0.1, -0.05) is 6.92 Å². The quantitative estimate of drug-likeness (QED) is 0.918. The molecule has 2 aromatic heterocycles. The number of nitrogens with zero attached hydrogens (tertiary/aromatic N) is 4. The minimum Gasteiger partial charge on any atom is -0.307 e. The number of nitrogens with one attached hydrogen (secondary N) is 1. The highest BCUT2D eigenvalue weighted by molar-refractivity contribution is 9.10. The van der Waals surface area contributed by atoms with Crippen molar-refractivity contribution in [2.24, 2.45) is 7.05 Å². The fraction of sp³-hybridized carbons (Fsp3) is 0.538. The van der Waals surface area contributed by atoms with Crippen molar-refractivity contribution < 1.29 is 0 Å². The van der Waals surface area contributed by atoms with E-state index in [1.807, 2.05) is 36.6 Å². The van der Waals surface area contributed by atoms with Gasteiger partial charge in [0.15, 0.2) is 0 Å². The summed E-state index contributed by atoms with van der Waals surface area (Å²) in [6.07, 6.45) is 2.92. The van der Waals surface area contributed by atoms with Gasteiger partial charge in [-0.05, 0) is 42.4 Å². The van der Waals surface area contributed by atoms with Gasteiger partial charge in [-0.15, -0.1) is 0 Å². The second-order valence-electron chi connectivity index (χ2n) is 4.66. The number of hydrogen-bond donors (Lipinski definition) is 1. The predicted molar refractivity (Wildman–Crippen MR) is 79.1 cm³/mol. The monoisotopic (exact) mass is 325 g/mol.